The van der Waals surface area contributed by atoms with Crippen LogP contribution in [-0.2, 0) is 9.59 Å². The van der Waals surface area contributed by atoms with Gasteiger partial charge in [0.15, 0.2) is 5.60 Å². The van der Waals surface area contributed by atoms with E-state index < -0.39 is 5.60 Å². The first kappa shape index (κ1) is 31.3. The number of amides is 2. The van der Waals surface area contributed by atoms with E-state index in [2.05, 4.69) is 10.2 Å². The Hall–Kier alpha value is -2.25. The summed E-state index contributed by atoms with van der Waals surface area (Å²) in [7, 11) is 1.88. The molecular formula is C30H38Cl3N3O3. The van der Waals surface area contributed by atoms with Gasteiger partial charge in [-0.3, -0.25) is 9.59 Å². The highest BCUT2D eigenvalue weighted by atomic mass is 35.5. The Bertz CT molecular complexity index is 1130. The molecule has 1 aliphatic heterocycles. The Morgan fingerprint density at radius 3 is 2.38 bits per heavy atom. The Labute approximate surface area is 247 Å². The van der Waals surface area contributed by atoms with Gasteiger partial charge in [-0.15, -0.1) is 0 Å². The van der Waals surface area contributed by atoms with Crippen LogP contribution in [0.3, 0.4) is 0 Å². The quantitative estimate of drug-likeness (QED) is 0.219. The molecule has 1 N–H and O–H groups in total. The SMILES string of the molecule is CN(C(=O)C(C)(C)Oc1ccc(Cl)cc1)C1CCN(CCCCCNC(=O)/C=C/c2ccc(Cl)c(Cl)c2)CC1. The van der Waals surface area contributed by atoms with Crippen LogP contribution in [0, 0.1) is 0 Å². The summed E-state index contributed by atoms with van der Waals surface area (Å²) in [4.78, 5) is 29.5. The number of ether oxygens (including phenoxy) is 1. The summed E-state index contributed by atoms with van der Waals surface area (Å²) < 4.78 is 5.99. The zero-order valence-corrected chi connectivity index (χ0v) is 25.2. The zero-order valence-electron chi connectivity index (χ0n) is 22.9. The van der Waals surface area contributed by atoms with E-state index in [0.717, 1.165) is 57.3 Å². The molecular weight excluding hydrogens is 557 g/mol. The largest absolute Gasteiger partial charge is 0.478 e. The molecule has 0 bridgehead atoms. The summed E-state index contributed by atoms with van der Waals surface area (Å²) >= 11 is 17.9. The number of rotatable bonds is 12. The topological polar surface area (TPSA) is 61.9 Å². The number of likely N-dealkylation sites (tertiary alicyclic amines) is 1. The van der Waals surface area contributed by atoms with Crippen LogP contribution >= 0.6 is 34.8 Å². The molecule has 0 aliphatic carbocycles. The predicted molar refractivity (Wildman–Crippen MR) is 161 cm³/mol. The average molecular weight is 595 g/mol. The second-order valence-corrected chi connectivity index (χ2v) is 11.7. The van der Waals surface area contributed by atoms with E-state index in [9.17, 15) is 9.59 Å². The third kappa shape index (κ3) is 10.0. The Kier molecular flexibility index (Phi) is 12.0. The molecule has 0 spiro atoms. The van der Waals surface area contributed by atoms with E-state index >= 15 is 0 Å². The molecule has 0 atom stereocenters. The van der Waals surface area contributed by atoms with E-state index in [-0.39, 0.29) is 17.9 Å². The molecule has 0 aromatic heterocycles. The summed E-state index contributed by atoms with van der Waals surface area (Å²) in [6.07, 6.45) is 8.18. The first-order valence-corrected chi connectivity index (χ1v) is 14.5. The highest BCUT2D eigenvalue weighted by Gasteiger charge is 2.36. The number of nitrogens with one attached hydrogen (secondary N) is 1. The van der Waals surface area contributed by atoms with Crippen molar-refractivity contribution in [2.24, 2.45) is 0 Å². The summed E-state index contributed by atoms with van der Waals surface area (Å²) in [5.74, 6) is 0.480. The van der Waals surface area contributed by atoms with Gasteiger partial charge in [-0.1, -0.05) is 47.3 Å². The number of piperidine rings is 1. The highest BCUT2D eigenvalue weighted by molar-refractivity contribution is 6.42. The average Bonchev–Trinajstić information content (AvgIpc) is 2.92. The number of nitrogens with zero attached hydrogens (tertiary/aromatic N) is 2. The molecule has 3 rings (SSSR count). The summed E-state index contributed by atoms with van der Waals surface area (Å²) in [5, 5.41) is 4.51. The number of likely N-dealkylation sites (N-methyl/N-ethyl adjacent to an activating group) is 1. The monoisotopic (exact) mass is 593 g/mol. The maximum atomic E-state index is 13.2. The van der Waals surface area contributed by atoms with Crippen molar-refractivity contribution in [3.63, 3.8) is 0 Å². The third-order valence-corrected chi connectivity index (χ3v) is 7.94. The van der Waals surface area contributed by atoms with Crippen LogP contribution in [0.5, 0.6) is 5.75 Å². The predicted octanol–water partition coefficient (Wildman–Crippen LogP) is 6.73. The smallest absolute Gasteiger partial charge is 0.266 e. The minimum Gasteiger partial charge on any atom is -0.478 e. The summed E-state index contributed by atoms with van der Waals surface area (Å²) in [6, 6.07) is 12.5. The van der Waals surface area contributed by atoms with Gasteiger partial charge in [0.25, 0.3) is 5.91 Å². The molecule has 6 nitrogen and oxygen atoms in total. The summed E-state index contributed by atoms with van der Waals surface area (Å²) in [5.41, 5.74) is -0.136. The van der Waals surface area contributed by atoms with Crippen LogP contribution in [0.1, 0.15) is 51.5 Å². The number of benzene rings is 2. The molecule has 39 heavy (non-hydrogen) atoms. The number of halogens is 3. The van der Waals surface area contributed by atoms with Gasteiger partial charge in [-0.25, -0.2) is 0 Å². The maximum absolute atomic E-state index is 13.2. The summed E-state index contributed by atoms with van der Waals surface area (Å²) in [6.45, 7) is 7.23. The lowest BCUT2D eigenvalue weighted by molar-refractivity contribution is -0.147. The fraction of sp³-hybridized carbons (Fsp3) is 0.467. The molecule has 2 aromatic rings. The molecule has 9 heteroatoms. The van der Waals surface area contributed by atoms with E-state index in [1.165, 1.54) is 6.08 Å². The van der Waals surface area contributed by atoms with Crippen LogP contribution in [0.15, 0.2) is 48.5 Å². The van der Waals surface area contributed by atoms with Crippen LogP contribution in [0.4, 0.5) is 0 Å². The van der Waals surface area contributed by atoms with Gasteiger partial charge in [-0.2, -0.15) is 0 Å². The molecule has 0 unspecified atom stereocenters. The van der Waals surface area contributed by atoms with Gasteiger partial charge in [0, 0.05) is 43.8 Å². The fourth-order valence-electron chi connectivity index (χ4n) is 4.66. The van der Waals surface area contributed by atoms with Crippen LogP contribution in [0.2, 0.25) is 15.1 Å². The zero-order chi connectivity index (χ0) is 28.4. The third-order valence-electron chi connectivity index (χ3n) is 6.95. The normalized spacial score (nSPS) is 14.9. The van der Waals surface area contributed by atoms with Crippen molar-refractivity contribution in [1.29, 1.82) is 0 Å². The van der Waals surface area contributed by atoms with Crippen molar-refractivity contribution in [2.45, 2.75) is 57.6 Å². The lowest BCUT2D eigenvalue weighted by Gasteiger charge is -2.39. The first-order valence-electron chi connectivity index (χ1n) is 13.4. The number of carbonyl (C=O) groups is 2. The van der Waals surface area contributed by atoms with Crippen LogP contribution in [0.25, 0.3) is 6.08 Å². The Morgan fingerprint density at radius 1 is 1.03 bits per heavy atom. The number of unbranched alkanes of at least 4 members (excludes halogenated alkanes) is 2. The first-order chi connectivity index (χ1) is 18.5. The lowest BCUT2D eigenvalue weighted by atomic mass is 10.00. The van der Waals surface area contributed by atoms with Gasteiger partial charge < -0.3 is 19.9 Å². The molecule has 0 saturated carbocycles. The van der Waals surface area contributed by atoms with Gasteiger partial charge in [-0.05, 0) is 94.1 Å². The molecule has 2 amide bonds. The van der Waals surface area contributed by atoms with Crippen molar-refractivity contribution >= 4 is 52.7 Å². The standard InChI is InChI=1S/C30H38Cl3N3O3/c1-30(2,39-25-11-9-23(31)10-12-25)29(38)35(3)24-15-19-36(20-16-24)18-6-4-5-17-34-28(37)14-8-22-7-13-26(32)27(33)21-22/h7-14,21,24H,4-6,15-20H2,1-3H3,(H,34,37)/b14-8+. The molecule has 1 saturated heterocycles. The van der Waals surface area contributed by atoms with Gasteiger partial charge in [0.2, 0.25) is 5.91 Å². The van der Waals surface area contributed by atoms with Gasteiger partial charge in [0.1, 0.15) is 5.75 Å². The minimum absolute atomic E-state index is 0.0234. The highest BCUT2D eigenvalue weighted by Crippen LogP contribution is 2.25. The minimum atomic E-state index is -0.964. The van der Waals surface area contributed by atoms with Crippen molar-refractivity contribution in [3.8, 4) is 5.75 Å². The van der Waals surface area contributed by atoms with Crippen molar-refractivity contribution < 1.29 is 14.3 Å². The Morgan fingerprint density at radius 2 is 1.72 bits per heavy atom. The van der Waals surface area contributed by atoms with Gasteiger partial charge in [0.05, 0.1) is 10.0 Å². The number of carbonyl (C=O) groups excluding carboxylic acids is 2. The van der Waals surface area contributed by atoms with E-state index in [0.29, 0.717) is 27.4 Å². The molecule has 0 radical (unpaired) electrons. The second kappa shape index (κ2) is 14.9. The molecule has 2 aromatic carbocycles. The molecule has 1 heterocycles. The second-order valence-electron chi connectivity index (χ2n) is 10.4. The number of hydrogen-bond donors (Lipinski definition) is 1. The molecule has 212 valence electrons. The number of hydrogen-bond acceptors (Lipinski definition) is 4. The lowest BCUT2D eigenvalue weighted by Crippen LogP contribution is -2.53. The van der Waals surface area contributed by atoms with Crippen molar-refractivity contribution in [1.82, 2.24) is 15.1 Å². The van der Waals surface area contributed by atoms with Crippen molar-refractivity contribution in [3.05, 3.63) is 69.2 Å². The van der Waals surface area contributed by atoms with Crippen molar-refractivity contribution in [2.75, 3.05) is 33.2 Å². The van der Waals surface area contributed by atoms with E-state index in [4.69, 9.17) is 39.5 Å². The van der Waals surface area contributed by atoms with E-state index in [1.54, 1.807) is 42.5 Å². The molecule has 1 fully saturated rings. The fourth-order valence-corrected chi connectivity index (χ4v) is 5.09. The Balaban J connectivity index is 1.29. The van der Waals surface area contributed by atoms with E-state index in [1.807, 2.05) is 31.9 Å². The maximum Gasteiger partial charge on any atom is 0.266 e. The molecule has 1 aliphatic rings. The van der Waals surface area contributed by atoms with Gasteiger partial charge >= 0.3 is 0 Å². The van der Waals surface area contributed by atoms with Crippen LogP contribution < -0.4 is 10.1 Å². The van der Waals surface area contributed by atoms with Crippen LogP contribution in [-0.4, -0.2) is 66.5 Å².